The van der Waals surface area contributed by atoms with Crippen LogP contribution < -0.4 is 14.8 Å². The van der Waals surface area contributed by atoms with Crippen molar-refractivity contribution in [3.63, 3.8) is 0 Å². The van der Waals surface area contributed by atoms with E-state index in [0.29, 0.717) is 17.1 Å². The van der Waals surface area contributed by atoms with Crippen LogP contribution in [0.15, 0.2) is 72.8 Å². The zero-order chi connectivity index (χ0) is 19.5. The van der Waals surface area contributed by atoms with E-state index in [0.717, 1.165) is 27.8 Å². The molecular weight excluding hydrogens is 352 g/mol. The van der Waals surface area contributed by atoms with Crippen LogP contribution >= 0.6 is 0 Å². The number of methoxy groups -OCH3 is 2. The fraction of sp³-hybridized carbons (Fsp3) is 0.0870. The van der Waals surface area contributed by atoms with E-state index in [1.165, 1.54) is 0 Å². The molecular formula is C23H20N2O3. The lowest BCUT2D eigenvalue weighted by Gasteiger charge is -2.12. The van der Waals surface area contributed by atoms with Crippen LogP contribution in [-0.2, 0) is 0 Å². The Morgan fingerprint density at radius 1 is 0.857 bits per heavy atom. The van der Waals surface area contributed by atoms with Crippen molar-refractivity contribution in [1.29, 1.82) is 0 Å². The number of aromatic amines is 1. The Kier molecular flexibility index (Phi) is 4.72. The van der Waals surface area contributed by atoms with E-state index < -0.39 is 0 Å². The quantitative estimate of drug-likeness (QED) is 0.512. The monoisotopic (exact) mass is 372 g/mol. The Balaban J connectivity index is 1.66. The first-order valence-electron chi connectivity index (χ1n) is 8.90. The first kappa shape index (κ1) is 17.7. The highest BCUT2D eigenvalue weighted by Crippen LogP contribution is 2.31. The van der Waals surface area contributed by atoms with Gasteiger partial charge in [-0.3, -0.25) is 4.79 Å². The molecule has 0 radical (unpaired) electrons. The van der Waals surface area contributed by atoms with Crippen molar-refractivity contribution in [3.8, 4) is 22.8 Å². The lowest BCUT2D eigenvalue weighted by atomic mass is 10.1. The highest BCUT2D eigenvalue weighted by molar-refractivity contribution is 6.06. The van der Waals surface area contributed by atoms with E-state index >= 15 is 0 Å². The average molecular weight is 372 g/mol. The van der Waals surface area contributed by atoms with Gasteiger partial charge in [-0.15, -0.1) is 0 Å². The summed E-state index contributed by atoms with van der Waals surface area (Å²) in [4.78, 5) is 16.2. The lowest BCUT2D eigenvalue weighted by Crippen LogP contribution is -2.13. The number of para-hydroxylation sites is 2. The summed E-state index contributed by atoms with van der Waals surface area (Å²) in [6.45, 7) is 0. The van der Waals surface area contributed by atoms with Crippen LogP contribution in [-0.4, -0.2) is 25.1 Å². The predicted octanol–water partition coefficient (Wildman–Crippen LogP) is 5.10. The van der Waals surface area contributed by atoms with Crippen molar-refractivity contribution in [1.82, 2.24) is 4.98 Å². The van der Waals surface area contributed by atoms with E-state index in [2.05, 4.69) is 22.4 Å². The van der Waals surface area contributed by atoms with Crippen molar-refractivity contribution in [2.24, 2.45) is 0 Å². The van der Waals surface area contributed by atoms with Crippen molar-refractivity contribution < 1.29 is 14.3 Å². The van der Waals surface area contributed by atoms with E-state index in [1.54, 1.807) is 32.4 Å². The second-order valence-electron chi connectivity index (χ2n) is 6.34. The number of hydrogen-bond acceptors (Lipinski definition) is 3. The second-order valence-corrected chi connectivity index (χ2v) is 6.34. The maximum atomic E-state index is 12.8. The smallest absolute Gasteiger partial charge is 0.255 e. The third kappa shape index (κ3) is 3.30. The number of amides is 1. The Morgan fingerprint density at radius 3 is 2.39 bits per heavy atom. The summed E-state index contributed by atoms with van der Waals surface area (Å²) >= 11 is 0. The van der Waals surface area contributed by atoms with Gasteiger partial charge < -0.3 is 19.8 Å². The van der Waals surface area contributed by atoms with Gasteiger partial charge in [0.2, 0.25) is 0 Å². The topological polar surface area (TPSA) is 63.3 Å². The number of fused-ring (bicyclic) bond motifs is 1. The first-order chi connectivity index (χ1) is 13.7. The molecule has 0 unspecified atom stereocenters. The minimum atomic E-state index is -0.218. The number of carbonyl (C=O) groups is 1. The number of nitrogens with one attached hydrogen (secondary N) is 2. The number of hydrogen-bond donors (Lipinski definition) is 2. The molecule has 0 aliphatic rings. The third-order valence-corrected chi connectivity index (χ3v) is 4.64. The molecule has 140 valence electrons. The van der Waals surface area contributed by atoms with Crippen molar-refractivity contribution in [2.45, 2.75) is 0 Å². The van der Waals surface area contributed by atoms with Gasteiger partial charge in [-0.2, -0.15) is 0 Å². The highest BCUT2D eigenvalue weighted by atomic mass is 16.5. The number of ether oxygens (including phenoxy) is 2. The standard InChI is InChI=1S/C23H20N2O3/c1-27-21-12-11-16(14-22(21)28-2)23(26)25-19-10-6-4-8-17(19)20-13-15-7-3-5-9-18(15)24-20/h3-14,24H,1-2H3,(H,25,26). The molecule has 2 N–H and O–H groups in total. The van der Waals surface area contributed by atoms with Crippen molar-refractivity contribution >= 4 is 22.5 Å². The fourth-order valence-electron chi connectivity index (χ4n) is 3.22. The molecule has 0 aliphatic carbocycles. The number of anilines is 1. The van der Waals surface area contributed by atoms with E-state index in [4.69, 9.17) is 9.47 Å². The lowest BCUT2D eigenvalue weighted by molar-refractivity contribution is 0.102. The molecule has 3 aromatic carbocycles. The van der Waals surface area contributed by atoms with Crippen LogP contribution in [0, 0.1) is 0 Å². The minimum Gasteiger partial charge on any atom is -0.493 e. The van der Waals surface area contributed by atoms with Gasteiger partial charge in [0.15, 0.2) is 11.5 Å². The van der Waals surface area contributed by atoms with Crippen LogP contribution in [0.4, 0.5) is 5.69 Å². The normalized spacial score (nSPS) is 10.6. The van der Waals surface area contributed by atoms with E-state index in [-0.39, 0.29) is 5.91 Å². The Labute approximate surface area is 162 Å². The summed E-state index contributed by atoms with van der Waals surface area (Å²) in [6.07, 6.45) is 0. The summed E-state index contributed by atoms with van der Waals surface area (Å²) < 4.78 is 10.5. The molecule has 0 fully saturated rings. The van der Waals surface area contributed by atoms with Gasteiger partial charge in [0.05, 0.1) is 19.9 Å². The van der Waals surface area contributed by atoms with Crippen LogP contribution in [0.25, 0.3) is 22.2 Å². The molecule has 0 bridgehead atoms. The number of rotatable bonds is 5. The first-order valence-corrected chi connectivity index (χ1v) is 8.90. The molecule has 1 amide bonds. The van der Waals surface area contributed by atoms with Gasteiger partial charge in [-0.1, -0.05) is 36.4 Å². The third-order valence-electron chi connectivity index (χ3n) is 4.64. The van der Waals surface area contributed by atoms with Crippen molar-refractivity contribution in [3.05, 3.63) is 78.4 Å². The van der Waals surface area contributed by atoms with Gasteiger partial charge in [0, 0.05) is 27.7 Å². The summed E-state index contributed by atoms with van der Waals surface area (Å²) in [7, 11) is 3.11. The zero-order valence-corrected chi connectivity index (χ0v) is 15.7. The largest absolute Gasteiger partial charge is 0.493 e. The van der Waals surface area contributed by atoms with Crippen LogP contribution in [0.5, 0.6) is 11.5 Å². The molecule has 0 saturated carbocycles. The van der Waals surface area contributed by atoms with Crippen molar-refractivity contribution in [2.75, 3.05) is 19.5 Å². The molecule has 5 nitrogen and oxygen atoms in total. The molecule has 0 aliphatic heterocycles. The van der Waals surface area contributed by atoms with Gasteiger partial charge in [0.1, 0.15) is 0 Å². The molecule has 0 atom stereocenters. The summed E-state index contributed by atoms with van der Waals surface area (Å²) in [5, 5.41) is 4.13. The number of H-pyrrole nitrogens is 1. The zero-order valence-electron chi connectivity index (χ0n) is 15.7. The molecule has 0 saturated heterocycles. The SMILES string of the molecule is COc1ccc(C(=O)Nc2ccccc2-c2cc3ccccc3[nH]2)cc1OC. The van der Waals surface area contributed by atoms with Gasteiger partial charge >= 0.3 is 0 Å². The maximum absolute atomic E-state index is 12.8. The van der Waals surface area contributed by atoms with Crippen LogP contribution in [0.3, 0.4) is 0 Å². The maximum Gasteiger partial charge on any atom is 0.255 e. The number of aromatic nitrogens is 1. The number of carbonyl (C=O) groups excluding carboxylic acids is 1. The summed E-state index contributed by atoms with van der Waals surface area (Å²) in [5.41, 5.74) is 4.15. The Bertz CT molecular complexity index is 1110. The minimum absolute atomic E-state index is 0.218. The van der Waals surface area contributed by atoms with Gasteiger partial charge in [-0.25, -0.2) is 0 Å². The highest BCUT2D eigenvalue weighted by Gasteiger charge is 2.14. The molecule has 5 heteroatoms. The Morgan fingerprint density at radius 2 is 1.61 bits per heavy atom. The molecule has 0 spiro atoms. The van der Waals surface area contributed by atoms with Gasteiger partial charge in [0.25, 0.3) is 5.91 Å². The van der Waals surface area contributed by atoms with Gasteiger partial charge in [-0.05, 0) is 36.4 Å². The van der Waals surface area contributed by atoms with Crippen LogP contribution in [0.2, 0.25) is 0 Å². The molecule has 4 aromatic rings. The molecule has 1 heterocycles. The molecule has 1 aromatic heterocycles. The summed E-state index contributed by atoms with van der Waals surface area (Å²) in [6, 6.07) is 23.0. The fourth-order valence-corrected chi connectivity index (χ4v) is 3.22. The number of benzene rings is 3. The molecule has 28 heavy (non-hydrogen) atoms. The Hall–Kier alpha value is -3.73. The van der Waals surface area contributed by atoms with E-state index in [9.17, 15) is 4.79 Å². The van der Waals surface area contributed by atoms with E-state index in [1.807, 2.05) is 42.5 Å². The molecule has 4 rings (SSSR count). The van der Waals surface area contributed by atoms with Crippen LogP contribution in [0.1, 0.15) is 10.4 Å². The predicted molar refractivity (Wildman–Crippen MR) is 111 cm³/mol. The average Bonchev–Trinajstić information content (AvgIpc) is 3.17. The summed E-state index contributed by atoms with van der Waals surface area (Å²) in [5.74, 6) is 0.876. The second kappa shape index (κ2) is 7.48.